The molecule has 0 atom stereocenters. The predicted octanol–water partition coefficient (Wildman–Crippen LogP) is 4.48. The van der Waals surface area contributed by atoms with Crippen molar-refractivity contribution in [3.05, 3.63) is 58.2 Å². The minimum atomic E-state index is -4.43. The van der Waals surface area contributed by atoms with Crippen molar-refractivity contribution >= 4 is 21.7 Å². The number of rotatable bonds is 3. The first-order valence-corrected chi connectivity index (χ1v) is 6.27. The van der Waals surface area contributed by atoms with Crippen LogP contribution >= 0.6 is 15.9 Å². The van der Waals surface area contributed by atoms with Gasteiger partial charge in [-0.25, -0.2) is 4.98 Å². The smallest absolute Gasteiger partial charge is 0.366 e. The highest BCUT2D eigenvalue weighted by molar-refractivity contribution is 9.10. The third-order valence-electron chi connectivity index (χ3n) is 2.46. The highest BCUT2D eigenvalue weighted by Gasteiger charge is 2.32. The first-order chi connectivity index (χ1) is 8.97. The van der Waals surface area contributed by atoms with Crippen molar-refractivity contribution in [2.24, 2.45) is 0 Å². The van der Waals surface area contributed by atoms with Gasteiger partial charge < -0.3 is 5.32 Å². The molecule has 19 heavy (non-hydrogen) atoms. The largest absolute Gasteiger partial charge is 0.433 e. The molecule has 0 aliphatic carbocycles. The monoisotopic (exact) mass is 330 g/mol. The van der Waals surface area contributed by atoms with Crippen LogP contribution in [0.2, 0.25) is 0 Å². The zero-order chi connectivity index (χ0) is 13.9. The number of nitrogens with zero attached hydrogens (tertiary/aromatic N) is 1. The molecule has 0 spiro atoms. The van der Waals surface area contributed by atoms with Crippen molar-refractivity contribution in [1.82, 2.24) is 4.98 Å². The number of nitrogens with one attached hydrogen (secondary N) is 1. The van der Waals surface area contributed by atoms with Crippen molar-refractivity contribution in [3.63, 3.8) is 0 Å². The number of alkyl halides is 3. The van der Waals surface area contributed by atoms with Crippen molar-refractivity contribution in [3.8, 4) is 0 Å². The number of pyridine rings is 1. The lowest BCUT2D eigenvalue weighted by atomic mass is 10.2. The summed E-state index contributed by atoms with van der Waals surface area (Å²) in [6.45, 7) is 0.399. The predicted molar refractivity (Wildman–Crippen MR) is 70.7 cm³/mol. The number of hydrogen-bond donors (Lipinski definition) is 1. The Balaban J connectivity index is 2.10. The lowest BCUT2D eigenvalue weighted by Crippen LogP contribution is -2.10. The van der Waals surface area contributed by atoms with Gasteiger partial charge in [0.05, 0.1) is 0 Å². The first kappa shape index (κ1) is 13.9. The van der Waals surface area contributed by atoms with Crippen LogP contribution in [-0.2, 0) is 12.7 Å². The molecule has 0 bridgehead atoms. The second kappa shape index (κ2) is 5.61. The minimum absolute atomic E-state index is 0.200. The van der Waals surface area contributed by atoms with E-state index in [0.29, 0.717) is 6.54 Å². The van der Waals surface area contributed by atoms with Gasteiger partial charge in [0.25, 0.3) is 0 Å². The molecular formula is C13H10BrF3N2. The molecule has 2 rings (SSSR count). The topological polar surface area (TPSA) is 24.9 Å². The van der Waals surface area contributed by atoms with Gasteiger partial charge in [-0.05, 0) is 23.8 Å². The average molecular weight is 331 g/mol. The Labute approximate surface area is 116 Å². The summed E-state index contributed by atoms with van der Waals surface area (Å²) in [4.78, 5) is 3.54. The molecule has 0 unspecified atom stereocenters. The first-order valence-electron chi connectivity index (χ1n) is 5.48. The van der Waals surface area contributed by atoms with Gasteiger partial charge in [0.2, 0.25) is 0 Å². The molecular weight excluding hydrogens is 321 g/mol. The van der Waals surface area contributed by atoms with Crippen molar-refractivity contribution < 1.29 is 13.2 Å². The molecule has 2 aromatic rings. The maximum atomic E-state index is 12.5. The van der Waals surface area contributed by atoms with Crippen molar-refractivity contribution in [2.75, 3.05) is 5.32 Å². The number of aromatic nitrogens is 1. The van der Waals surface area contributed by atoms with E-state index >= 15 is 0 Å². The standard InChI is InChI=1S/C13H10BrF3N2/c14-10-5-2-1-4-9(10)8-18-12-7-3-6-11(19-12)13(15,16)17/h1-7H,8H2,(H,18,19). The third kappa shape index (κ3) is 3.70. The molecule has 0 aliphatic heterocycles. The molecule has 1 aromatic heterocycles. The van der Waals surface area contributed by atoms with E-state index in [1.807, 2.05) is 24.3 Å². The zero-order valence-electron chi connectivity index (χ0n) is 9.71. The fourth-order valence-corrected chi connectivity index (χ4v) is 1.94. The van der Waals surface area contributed by atoms with Gasteiger partial charge >= 0.3 is 6.18 Å². The Hall–Kier alpha value is -1.56. The maximum absolute atomic E-state index is 12.5. The van der Waals surface area contributed by atoms with E-state index in [9.17, 15) is 13.2 Å². The van der Waals surface area contributed by atoms with E-state index in [2.05, 4.69) is 26.2 Å². The SMILES string of the molecule is FC(F)(F)c1cccc(NCc2ccccc2Br)n1. The molecule has 0 saturated carbocycles. The Kier molecular flexibility index (Phi) is 4.09. The lowest BCUT2D eigenvalue weighted by molar-refractivity contribution is -0.141. The van der Waals surface area contributed by atoms with Gasteiger partial charge in [-0.2, -0.15) is 13.2 Å². The van der Waals surface area contributed by atoms with Gasteiger partial charge in [-0.15, -0.1) is 0 Å². The van der Waals surface area contributed by atoms with Crippen LogP contribution in [0.25, 0.3) is 0 Å². The van der Waals surface area contributed by atoms with Crippen LogP contribution in [0, 0.1) is 0 Å². The number of halogens is 4. The third-order valence-corrected chi connectivity index (χ3v) is 3.23. The van der Waals surface area contributed by atoms with Gasteiger partial charge in [0.15, 0.2) is 0 Å². The summed E-state index contributed by atoms with van der Waals surface area (Å²) in [6.07, 6.45) is -4.43. The summed E-state index contributed by atoms with van der Waals surface area (Å²) in [6, 6.07) is 11.3. The summed E-state index contributed by atoms with van der Waals surface area (Å²) in [5.41, 5.74) is 0.0475. The zero-order valence-corrected chi connectivity index (χ0v) is 11.3. The van der Waals surface area contributed by atoms with Crippen LogP contribution in [0.3, 0.4) is 0 Å². The molecule has 0 aliphatic rings. The molecule has 1 aromatic carbocycles. The Morgan fingerprint density at radius 2 is 1.79 bits per heavy atom. The summed E-state index contributed by atoms with van der Waals surface area (Å²) in [5.74, 6) is 0.200. The van der Waals surface area contributed by atoms with Gasteiger partial charge in [0, 0.05) is 11.0 Å². The molecule has 0 amide bonds. The Morgan fingerprint density at radius 1 is 1.05 bits per heavy atom. The Morgan fingerprint density at radius 3 is 2.47 bits per heavy atom. The van der Waals surface area contributed by atoms with Crippen LogP contribution in [0.1, 0.15) is 11.3 Å². The molecule has 1 N–H and O–H groups in total. The van der Waals surface area contributed by atoms with E-state index in [0.717, 1.165) is 16.1 Å². The molecule has 100 valence electrons. The molecule has 0 saturated heterocycles. The number of hydrogen-bond acceptors (Lipinski definition) is 2. The molecule has 1 heterocycles. The Bertz CT molecular complexity index is 570. The van der Waals surface area contributed by atoms with Gasteiger partial charge in [0.1, 0.15) is 11.5 Å². The fourth-order valence-electron chi connectivity index (χ4n) is 1.52. The lowest BCUT2D eigenvalue weighted by Gasteiger charge is -2.10. The van der Waals surface area contributed by atoms with E-state index in [1.165, 1.54) is 12.1 Å². The highest BCUT2D eigenvalue weighted by Crippen LogP contribution is 2.28. The summed E-state index contributed by atoms with van der Waals surface area (Å²) in [5, 5.41) is 2.87. The van der Waals surface area contributed by atoms with Crippen LogP contribution in [0.5, 0.6) is 0 Å². The van der Waals surface area contributed by atoms with Crippen LogP contribution in [-0.4, -0.2) is 4.98 Å². The average Bonchev–Trinajstić information content (AvgIpc) is 2.37. The van der Waals surface area contributed by atoms with Gasteiger partial charge in [-0.1, -0.05) is 40.2 Å². The van der Waals surface area contributed by atoms with E-state index in [1.54, 1.807) is 0 Å². The second-order valence-electron chi connectivity index (χ2n) is 3.85. The number of anilines is 1. The van der Waals surface area contributed by atoms with E-state index < -0.39 is 11.9 Å². The number of benzene rings is 1. The summed E-state index contributed by atoms with van der Waals surface area (Å²) >= 11 is 3.38. The molecule has 0 fully saturated rings. The second-order valence-corrected chi connectivity index (χ2v) is 4.71. The summed E-state index contributed by atoms with van der Waals surface area (Å²) in [7, 11) is 0. The molecule has 6 heteroatoms. The molecule has 2 nitrogen and oxygen atoms in total. The fraction of sp³-hybridized carbons (Fsp3) is 0.154. The van der Waals surface area contributed by atoms with Crippen molar-refractivity contribution in [1.29, 1.82) is 0 Å². The molecule has 0 radical (unpaired) electrons. The minimum Gasteiger partial charge on any atom is -0.366 e. The van der Waals surface area contributed by atoms with Crippen LogP contribution in [0.4, 0.5) is 19.0 Å². The highest BCUT2D eigenvalue weighted by atomic mass is 79.9. The van der Waals surface area contributed by atoms with E-state index in [4.69, 9.17) is 0 Å². The van der Waals surface area contributed by atoms with E-state index in [-0.39, 0.29) is 5.82 Å². The van der Waals surface area contributed by atoms with Crippen molar-refractivity contribution in [2.45, 2.75) is 12.7 Å². The maximum Gasteiger partial charge on any atom is 0.433 e. The van der Waals surface area contributed by atoms with Gasteiger partial charge in [-0.3, -0.25) is 0 Å². The quantitative estimate of drug-likeness (QED) is 0.897. The van der Waals surface area contributed by atoms with Crippen LogP contribution in [0.15, 0.2) is 46.9 Å². The normalized spacial score (nSPS) is 11.4. The van der Waals surface area contributed by atoms with Crippen LogP contribution < -0.4 is 5.32 Å². The summed E-state index contributed by atoms with van der Waals surface area (Å²) < 4.78 is 38.4.